The lowest BCUT2D eigenvalue weighted by molar-refractivity contribution is 0.0779. The highest BCUT2D eigenvalue weighted by Gasteiger charge is 2.28. The summed E-state index contributed by atoms with van der Waals surface area (Å²) < 4.78 is 6.28. The van der Waals surface area contributed by atoms with Crippen LogP contribution < -0.4 is 10.6 Å². The number of nitrogens with one attached hydrogen (secondary N) is 2. The van der Waals surface area contributed by atoms with E-state index in [2.05, 4.69) is 26.6 Å². The van der Waals surface area contributed by atoms with Crippen LogP contribution in [0.25, 0.3) is 0 Å². The van der Waals surface area contributed by atoms with Crippen LogP contribution in [0.4, 0.5) is 0 Å². The highest BCUT2D eigenvalue weighted by Crippen LogP contribution is 2.19. The maximum Gasteiger partial charge on any atom is 0.251 e. The van der Waals surface area contributed by atoms with Gasteiger partial charge >= 0.3 is 0 Å². The highest BCUT2D eigenvalue weighted by atomic mass is 79.9. The van der Waals surface area contributed by atoms with Crippen LogP contribution in [-0.4, -0.2) is 38.3 Å². The topological polar surface area (TPSA) is 50.4 Å². The monoisotopic (exact) mass is 312 g/mol. The van der Waals surface area contributed by atoms with Crippen LogP contribution in [0.2, 0.25) is 0 Å². The van der Waals surface area contributed by atoms with Gasteiger partial charge in [-0.2, -0.15) is 0 Å². The zero-order valence-electron chi connectivity index (χ0n) is 10.5. The van der Waals surface area contributed by atoms with Crippen LogP contribution in [0.5, 0.6) is 0 Å². The number of hydrogen-bond acceptors (Lipinski definition) is 3. The van der Waals surface area contributed by atoms with Crippen molar-refractivity contribution >= 4 is 21.8 Å². The van der Waals surface area contributed by atoms with Gasteiger partial charge in [-0.15, -0.1) is 0 Å². The highest BCUT2D eigenvalue weighted by molar-refractivity contribution is 9.10. The molecule has 1 fully saturated rings. The minimum absolute atomic E-state index is 0.0286. The van der Waals surface area contributed by atoms with Gasteiger partial charge in [-0.05, 0) is 24.6 Å². The van der Waals surface area contributed by atoms with Crippen LogP contribution in [0, 0.1) is 6.92 Å². The van der Waals surface area contributed by atoms with Crippen LogP contribution in [0.1, 0.15) is 15.9 Å². The molecule has 98 valence electrons. The van der Waals surface area contributed by atoms with Crippen molar-refractivity contribution in [1.82, 2.24) is 10.6 Å². The molecule has 1 aromatic carbocycles. The molecule has 0 saturated carbocycles. The fourth-order valence-electron chi connectivity index (χ4n) is 2.15. The lowest BCUT2D eigenvalue weighted by atomic mass is 10.1. The molecule has 0 spiro atoms. The Morgan fingerprint density at radius 1 is 1.50 bits per heavy atom. The van der Waals surface area contributed by atoms with Crippen LogP contribution >= 0.6 is 15.9 Å². The van der Waals surface area contributed by atoms with Gasteiger partial charge in [0.05, 0.1) is 12.1 Å². The van der Waals surface area contributed by atoms with Gasteiger partial charge in [0.25, 0.3) is 5.91 Å². The molecule has 0 unspecified atom stereocenters. The zero-order valence-corrected chi connectivity index (χ0v) is 12.1. The molecule has 1 amide bonds. The standard InChI is InChI=1S/C13H17BrN2O2/c1-8-9(4-3-5-10(8)14)13(17)16-11-6-15-7-12(11)18-2/h3-5,11-12,15H,6-7H2,1-2H3,(H,16,17)/t11-,12+/m1/s1. The summed E-state index contributed by atoms with van der Waals surface area (Å²) in [6, 6.07) is 5.66. The summed E-state index contributed by atoms with van der Waals surface area (Å²) in [4.78, 5) is 12.2. The Bertz CT molecular complexity index is 451. The van der Waals surface area contributed by atoms with Crippen LogP contribution in [0.15, 0.2) is 22.7 Å². The van der Waals surface area contributed by atoms with Crippen LogP contribution in [-0.2, 0) is 4.74 Å². The van der Waals surface area contributed by atoms with E-state index in [-0.39, 0.29) is 18.1 Å². The second-order valence-corrected chi connectivity index (χ2v) is 5.28. The molecule has 2 N–H and O–H groups in total. The fraction of sp³-hybridized carbons (Fsp3) is 0.462. The van der Waals surface area contributed by atoms with Gasteiger partial charge in [0.1, 0.15) is 0 Å². The molecular formula is C13H17BrN2O2. The second-order valence-electron chi connectivity index (χ2n) is 4.42. The molecule has 5 heteroatoms. The zero-order chi connectivity index (χ0) is 13.1. The minimum Gasteiger partial charge on any atom is -0.378 e. The first-order valence-corrected chi connectivity index (χ1v) is 6.72. The maximum absolute atomic E-state index is 12.2. The van der Waals surface area contributed by atoms with E-state index in [1.165, 1.54) is 0 Å². The van der Waals surface area contributed by atoms with E-state index in [9.17, 15) is 4.79 Å². The van der Waals surface area contributed by atoms with E-state index in [1.807, 2.05) is 25.1 Å². The third-order valence-corrected chi connectivity index (χ3v) is 4.15. The predicted molar refractivity (Wildman–Crippen MR) is 73.8 cm³/mol. The summed E-state index contributed by atoms with van der Waals surface area (Å²) >= 11 is 3.44. The normalized spacial score (nSPS) is 23.1. The third kappa shape index (κ3) is 2.74. The van der Waals surface area contributed by atoms with Crippen molar-refractivity contribution in [3.63, 3.8) is 0 Å². The number of carbonyl (C=O) groups is 1. The van der Waals surface area contributed by atoms with E-state index in [1.54, 1.807) is 7.11 Å². The molecule has 0 aromatic heterocycles. The average Bonchev–Trinajstić information content (AvgIpc) is 2.79. The molecule has 0 radical (unpaired) electrons. The Morgan fingerprint density at radius 3 is 3.00 bits per heavy atom. The number of rotatable bonds is 3. The number of ether oxygens (including phenoxy) is 1. The number of amides is 1. The first-order valence-electron chi connectivity index (χ1n) is 5.93. The Morgan fingerprint density at radius 2 is 2.28 bits per heavy atom. The number of benzene rings is 1. The quantitative estimate of drug-likeness (QED) is 0.889. The Kier molecular flexibility index (Phi) is 4.37. The average molecular weight is 313 g/mol. The smallest absolute Gasteiger partial charge is 0.251 e. The number of methoxy groups -OCH3 is 1. The van der Waals surface area contributed by atoms with Crippen LogP contribution in [0.3, 0.4) is 0 Å². The van der Waals surface area contributed by atoms with E-state index in [0.717, 1.165) is 23.1 Å². The summed E-state index contributed by atoms with van der Waals surface area (Å²) in [5.41, 5.74) is 1.65. The number of carbonyl (C=O) groups excluding carboxylic acids is 1. The summed E-state index contributed by atoms with van der Waals surface area (Å²) in [5, 5.41) is 6.22. The largest absolute Gasteiger partial charge is 0.378 e. The van der Waals surface area contributed by atoms with Crippen molar-refractivity contribution in [3.8, 4) is 0 Å². The molecule has 1 aliphatic rings. The summed E-state index contributed by atoms with van der Waals surface area (Å²) in [6.45, 7) is 3.45. The Labute approximate surface area is 115 Å². The summed E-state index contributed by atoms with van der Waals surface area (Å²) in [7, 11) is 1.67. The molecule has 0 aliphatic carbocycles. The second kappa shape index (κ2) is 5.82. The van der Waals surface area contributed by atoms with E-state index in [4.69, 9.17) is 4.74 Å². The van der Waals surface area contributed by atoms with Gasteiger partial charge in [-0.25, -0.2) is 0 Å². The number of hydrogen-bond donors (Lipinski definition) is 2. The van der Waals surface area contributed by atoms with E-state index < -0.39 is 0 Å². The van der Waals surface area contributed by atoms with Crippen molar-refractivity contribution in [2.45, 2.75) is 19.1 Å². The van der Waals surface area contributed by atoms with Crippen molar-refractivity contribution in [1.29, 1.82) is 0 Å². The van der Waals surface area contributed by atoms with Gasteiger partial charge in [0.15, 0.2) is 0 Å². The van der Waals surface area contributed by atoms with Gasteiger partial charge in [0, 0.05) is 30.2 Å². The van der Waals surface area contributed by atoms with Gasteiger partial charge in [-0.1, -0.05) is 22.0 Å². The Balaban J connectivity index is 2.10. The van der Waals surface area contributed by atoms with Gasteiger partial charge in [0.2, 0.25) is 0 Å². The SMILES string of the molecule is CO[C@H]1CNC[C@H]1NC(=O)c1cccc(Br)c1C. The molecule has 2 rings (SSSR count). The lowest BCUT2D eigenvalue weighted by Crippen LogP contribution is -2.43. The molecule has 1 saturated heterocycles. The van der Waals surface area contributed by atoms with Crippen molar-refractivity contribution in [2.24, 2.45) is 0 Å². The fourth-order valence-corrected chi connectivity index (χ4v) is 2.51. The molecule has 1 aliphatic heterocycles. The maximum atomic E-state index is 12.2. The van der Waals surface area contributed by atoms with Crippen molar-refractivity contribution in [3.05, 3.63) is 33.8 Å². The lowest BCUT2D eigenvalue weighted by Gasteiger charge is -2.19. The van der Waals surface area contributed by atoms with E-state index in [0.29, 0.717) is 5.56 Å². The number of halogens is 1. The Hall–Kier alpha value is -0.910. The molecule has 18 heavy (non-hydrogen) atoms. The summed E-state index contributed by atoms with van der Waals surface area (Å²) in [5.74, 6) is -0.0513. The predicted octanol–water partition coefficient (Wildman–Crippen LogP) is 1.47. The molecular weight excluding hydrogens is 296 g/mol. The third-order valence-electron chi connectivity index (χ3n) is 3.29. The summed E-state index contributed by atoms with van der Waals surface area (Å²) in [6.07, 6.45) is 0.0430. The first kappa shape index (κ1) is 13.5. The molecule has 0 bridgehead atoms. The van der Waals surface area contributed by atoms with Crippen molar-refractivity contribution in [2.75, 3.05) is 20.2 Å². The van der Waals surface area contributed by atoms with E-state index >= 15 is 0 Å². The van der Waals surface area contributed by atoms with Gasteiger partial charge < -0.3 is 15.4 Å². The molecule has 1 aromatic rings. The minimum atomic E-state index is -0.0513. The molecule has 1 heterocycles. The molecule has 4 nitrogen and oxygen atoms in total. The van der Waals surface area contributed by atoms with Crippen molar-refractivity contribution < 1.29 is 9.53 Å². The van der Waals surface area contributed by atoms with Gasteiger partial charge in [-0.3, -0.25) is 4.79 Å². The first-order chi connectivity index (χ1) is 8.63. The molecule has 2 atom stereocenters.